The number of aromatic nitrogens is 2. The first kappa shape index (κ1) is 16.3. The fourth-order valence-electron chi connectivity index (χ4n) is 2.28. The largest absolute Gasteiger partial charge is 0.370 e. The van der Waals surface area contributed by atoms with Crippen LogP contribution in [-0.2, 0) is 6.42 Å². The van der Waals surface area contributed by atoms with Gasteiger partial charge in [0.15, 0.2) is 0 Å². The van der Waals surface area contributed by atoms with Gasteiger partial charge in [0, 0.05) is 26.3 Å². The Balaban J connectivity index is 1.78. The first-order chi connectivity index (χ1) is 10.8. The van der Waals surface area contributed by atoms with Crippen molar-refractivity contribution in [3.05, 3.63) is 48.2 Å². The molecule has 4 nitrogen and oxygen atoms in total. The van der Waals surface area contributed by atoms with E-state index in [0.717, 1.165) is 44.1 Å². The van der Waals surface area contributed by atoms with E-state index in [4.69, 9.17) is 0 Å². The molecule has 0 aliphatic heterocycles. The molecule has 1 heterocycles. The van der Waals surface area contributed by atoms with Crippen LogP contribution in [0.1, 0.15) is 31.7 Å². The third kappa shape index (κ3) is 5.35. The standard InChI is InChI=1S/C18H26N4/c1-3-4-15-22(2)18-20-14-12-17(21-18)19-13-8-11-16-9-6-5-7-10-16/h5-7,9-10,12,14H,3-4,8,11,13,15H2,1-2H3,(H,19,20,21). The Labute approximate surface area is 133 Å². The highest BCUT2D eigenvalue weighted by Crippen LogP contribution is 2.10. The summed E-state index contributed by atoms with van der Waals surface area (Å²) < 4.78 is 0. The Morgan fingerprint density at radius 3 is 2.68 bits per heavy atom. The molecule has 2 aromatic rings. The first-order valence-electron chi connectivity index (χ1n) is 8.11. The minimum absolute atomic E-state index is 0.793. The summed E-state index contributed by atoms with van der Waals surface area (Å²) in [4.78, 5) is 11.0. The van der Waals surface area contributed by atoms with Crippen LogP contribution in [0.5, 0.6) is 0 Å². The van der Waals surface area contributed by atoms with E-state index in [0.29, 0.717) is 0 Å². The lowest BCUT2D eigenvalue weighted by atomic mass is 10.1. The Bertz CT molecular complexity index is 542. The molecule has 0 aliphatic carbocycles. The summed E-state index contributed by atoms with van der Waals surface area (Å²) in [6.45, 7) is 4.11. The summed E-state index contributed by atoms with van der Waals surface area (Å²) in [5.74, 6) is 1.70. The maximum atomic E-state index is 4.57. The van der Waals surface area contributed by atoms with Gasteiger partial charge in [0.25, 0.3) is 0 Å². The number of benzene rings is 1. The average Bonchev–Trinajstić information content (AvgIpc) is 2.58. The third-order valence-electron chi connectivity index (χ3n) is 3.62. The highest BCUT2D eigenvalue weighted by molar-refractivity contribution is 5.40. The van der Waals surface area contributed by atoms with Gasteiger partial charge in [-0.15, -0.1) is 0 Å². The van der Waals surface area contributed by atoms with Gasteiger partial charge in [-0.1, -0.05) is 43.7 Å². The number of anilines is 2. The summed E-state index contributed by atoms with van der Waals surface area (Å²) in [7, 11) is 2.05. The van der Waals surface area contributed by atoms with Crippen molar-refractivity contribution in [1.29, 1.82) is 0 Å². The Morgan fingerprint density at radius 1 is 1.09 bits per heavy atom. The monoisotopic (exact) mass is 298 g/mol. The van der Waals surface area contributed by atoms with E-state index in [1.807, 2.05) is 19.3 Å². The molecule has 0 radical (unpaired) electrons. The topological polar surface area (TPSA) is 41.1 Å². The van der Waals surface area contributed by atoms with Gasteiger partial charge in [0.2, 0.25) is 5.95 Å². The van der Waals surface area contributed by atoms with Crippen LogP contribution in [0, 0.1) is 0 Å². The molecule has 0 unspecified atom stereocenters. The van der Waals surface area contributed by atoms with Crippen LogP contribution >= 0.6 is 0 Å². The van der Waals surface area contributed by atoms with Crippen molar-refractivity contribution < 1.29 is 0 Å². The van der Waals surface area contributed by atoms with E-state index in [-0.39, 0.29) is 0 Å². The van der Waals surface area contributed by atoms with Crippen LogP contribution in [0.15, 0.2) is 42.6 Å². The quantitative estimate of drug-likeness (QED) is 0.716. The Kier molecular flexibility index (Phi) is 6.68. The van der Waals surface area contributed by atoms with Crippen LogP contribution in [0.2, 0.25) is 0 Å². The van der Waals surface area contributed by atoms with Crippen LogP contribution in [-0.4, -0.2) is 30.1 Å². The van der Waals surface area contributed by atoms with Crippen molar-refractivity contribution in [2.45, 2.75) is 32.6 Å². The lowest BCUT2D eigenvalue weighted by Gasteiger charge is -2.17. The molecular weight excluding hydrogens is 272 g/mol. The summed E-state index contributed by atoms with van der Waals surface area (Å²) >= 11 is 0. The summed E-state index contributed by atoms with van der Waals surface area (Å²) in [5.41, 5.74) is 1.38. The van der Waals surface area contributed by atoms with Gasteiger partial charge in [0.1, 0.15) is 5.82 Å². The zero-order valence-corrected chi connectivity index (χ0v) is 13.6. The molecular formula is C18H26N4. The molecule has 0 saturated heterocycles. The second-order valence-electron chi connectivity index (χ2n) is 5.53. The fraction of sp³-hybridized carbons (Fsp3) is 0.444. The molecule has 0 saturated carbocycles. The maximum absolute atomic E-state index is 4.57. The highest BCUT2D eigenvalue weighted by atomic mass is 15.2. The van der Waals surface area contributed by atoms with Crippen molar-refractivity contribution in [2.75, 3.05) is 30.4 Å². The number of hydrogen-bond acceptors (Lipinski definition) is 4. The molecule has 118 valence electrons. The lowest BCUT2D eigenvalue weighted by molar-refractivity contribution is 0.749. The first-order valence-corrected chi connectivity index (χ1v) is 8.11. The van der Waals surface area contributed by atoms with Gasteiger partial charge in [-0.05, 0) is 30.9 Å². The van der Waals surface area contributed by atoms with Gasteiger partial charge >= 0.3 is 0 Å². The zero-order valence-electron chi connectivity index (χ0n) is 13.6. The molecule has 2 rings (SSSR count). The van der Waals surface area contributed by atoms with Gasteiger partial charge < -0.3 is 10.2 Å². The zero-order chi connectivity index (χ0) is 15.6. The molecule has 0 spiro atoms. The third-order valence-corrected chi connectivity index (χ3v) is 3.62. The van der Waals surface area contributed by atoms with Crippen molar-refractivity contribution in [1.82, 2.24) is 9.97 Å². The van der Waals surface area contributed by atoms with Crippen molar-refractivity contribution in [3.63, 3.8) is 0 Å². The summed E-state index contributed by atoms with van der Waals surface area (Å²) in [6.07, 6.45) is 6.35. The van der Waals surface area contributed by atoms with E-state index >= 15 is 0 Å². The van der Waals surface area contributed by atoms with Crippen LogP contribution in [0.4, 0.5) is 11.8 Å². The smallest absolute Gasteiger partial charge is 0.226 e. The van der Waals surface area contributed by atoms with E-state index in [1.54, 1.807) is 0 Å². The second-order valence-corrected chi connectivity index (χ2v) is 5.53. The maximum Gasteiger partial charge on any atom is 0.226 e. The number of nitrogens with one attached hydrogen (secondary N) is 1. The van der Waals surface area contributed by atoms with Crippen molar-refractivity contribution >= 4 is 11.8 Å². The number of nitrogens with zero attached hydrogens (tertiary/aromatic N) is 3. The lowest BCUT2D eigenvalue weighted by Crippen LogP contribution is -2.21. The summed E-state index contributed by atoms with van der Waals surface area (Å²) in [5, 5.41) is 3.39. The van der Waals surface area contributed by atoms with E-state index in [9.17, 15) is 0 Å². The Morgan fingerprint density at radius 2 is 1.91 bits per heavy atom. The molecule has 0 aliphatic rings. The number of unbranched alkanes of at least 4 members (excludes halogenated alkanes) is 1. The molecule has 0 atom stereocenters. The molecule has 0 fully saturated rings. The van der Waals surface area contributed by atoms with Crippen molar-refractivity contribution in [2.24, 2.45) is 0 Å². The highest BCUT2D eigenvalue weighted by Gasteiger charge is 2.04. The minimum atomic E-state index is 0.793. The van der Waals surface area contributed by atoms with Gasteiger partial charge in [-0.25, -0.2) is 4.98 Å². The fourth-order valence-corrected chi connectivity index (χ4v) is 2.28. The van der Waals surface area contributed by atoms with Gasteiger partial charge in [-0.2, -0.15) is 4.98 Å². The number of hydrogen-bond donors (Lipinski definition) is 1. The molecule has 1 aromatic heterocycles. The van der Waals surface area contributed by atoms with Crippen molar-refractivity contribution in [3.8, 4) is 0 Å². The second kappa shape index (κ2) is 9.03. The van der Waals surface area contributed by atoms with E-state index in [2.05, 4.69) is 57.4 Å². The number of rotatable bonds is 9. The van der Waals surface area contributed by atoms with Crippen LogP contribution in [0.3, 0.4) is 0 Å². The normalized spacial score (nSPS) is 10.5. The molecule has 4 heteroatoms. The molecule has 22 heavy (non-hydrogen) atoms. The predicted molar refractivity (Wildman–Crippen MR) is 93.5 cm³/mol. The number of aryl methyl sites for hydroxylation is 1. The van der Waals surface area contributed by atoms with Crippen LogP contribution in [0.25, 0.3) is 0 Å². The molecule has 1 aromatic carbocycles. The summed E-state index contributed by atoms with van der Waals surface area (Å²) in [6, 6.07) is 12.5. The predicted octanol–water partition coefficient (Wildman–Crippen LogP) is 3.76. The Hall–Kier alpha value is -2.10. The average molecular weight is 298 g/mol. The van der Waals surface area contributed by atoms with Crippen LogP contribution < -0.4 is 10.2 Å². The SMILES string of the molecule is CCCCN(C)c1nccc(NCCCc2ccccc2)n1. The molecule has 1 N–H and O–H groups in total. The molecule has 0 bridgehead atoms. The minimum Gasteiger partial charge on any atom is -0.370 e. The van der Waals surface area contributed by atoms with E-state index in [1.165, 1.54) is 12.0 Å². The van der Waals surface area contributed by atoms with Gasteiger partial charge in [0.05, 0.1) is 0 Å². The van der Waals surface area contributed by atoms with Gasteiger partial charge in [-0.3, -0.25) is 0 Å². The van der Waals surface area contributed by atoms with E-state index < -0.39 is 0 Å². The molecule has 0 amide bonds.